The minimum Gasteiger partial charge on any atom is -0.456 e. The molecule has 0 spiro atoms. The van der Waals surface area contributed by atoms with Crippen molar-refractivity contribution < 1.29 is 4.74 Å². The van der Waals surface area contributed by atoms with Gasteiger partial charge in [-0.05, 0) is 46.3 Å². The van der Waals surface area contributed by atoms with Crippen LogP contribution in [0, 0.1) is 0 Å². The van der Waals surface area contributed by atoms with Gasteiger partial charge in [-0.2, -0.15) is 0 Å². The normalized spacial score (nSPS) is 10.2. The number of ether oxygens (including phenoxy) is 1. The molecule has 0 bridgehead atoms. The van der Waals surface area contributed by atoms with Gasteiger partial charge >= 0.3 is 0 Å². The summed E-state index contributed by atoms with van der Waals surface area (Å²) in [5, 5.41) is 0. The molecule has 0 saturated heterocycles. The van der Waals surface area contributed by atoms with Crippen LogP contribution in [0.1, 0.15) is 0 Å². The number of benzene rings is 2. The van der Waals surface area contributed by atoms with Gasteiger partial charge in [0, 0.05) is 8.95 Å². The van der Waals surface area contributed by atoms with Crippen LogP contribution in [0.15, 0.2) is 55.9 Å². The molecule has 4 heteroatoms. The van der Waals surface area contributed by atoms with Crippen molar-refractivity contribution in [2.24, 2.45) is 0 Å². The van der Waals surface area contributed by atoms with E-state index in [4.69, 9.17) is 4.74 Å². The van der Waals surface area contributed by atoms with Crippen LogP contribution in [0.25, 0.3) is 0 Å². The summed E-state index contributed by atoms with van der Waals surface area (Å²) in [5.41, 5.74) is 0. The quantitative estimate of drug-likeness (QED) is 0.615. The first-order valence-corrected chi connectivity index (χ1v) is 6.91. The second kappa shape index (κ2) is 5.34. The summed E-state index contributed by atoms with van der Waals surface area (Å²) in [6.45, 7) is 0. The molecule has 2 rings (SSSR count). The Bertz CT molecular complexity index is 491. The van der Waals surface area contributed by atoms with Gasteiger partial charge in [-0.3, -0.25) is 0 Å². The Morgan fingerprint density at radius 2 is 1.44 bits per heavy atom. The topological polar surface area (TPSA) is 9.23 Å². The second-order valence-electron chi connectivity index (χ2n) is 3.14. The molecule has 0 unspecified atom stereocenters. The maximum atomic E-state index is 5.76. The van der Waals surface area contributed by atoms with Gasteiger partial charge in [-0.1, -0.05) is 44.0 Å². The highest BCUT2D eigenvalue weighted by Crippen LogP contribution is 2.32. The van der Waals surface area contributed by atoms with E-state index in [1.165, 1.54) is 0 Å². The van der Waals surface area contributed by atoms with E-state index in [2.05, 4.69) is 47.8 Å². The van der Waals surface area contributed by atoms with Crippen molar-refractivity contribution >= 4 is 47.8 Å². The van der Waals surface area contributed by atoms with Gasteiger partial charge in [-0.25, -0.2) is 0 Å². The van der Waals surface area contributed by atoms with Crippen molar-refractivity contribution in [1.82, 2.24) is 0 Å². The van der Waals surface area contributed by atoms with Crippen LogP contribution < -0.4 is 4.74 Å². The van der Waals surface area contributed by atoms with Crippen molar-refractivity contribution in [1.29, 1.82) is 0 Å². The van der Waals surface area contributed by atoms with Gasteiger partial charge in [0.05, 0.1) is 4.47 Å². The molecule has 0 radical (unpaired) electrons. The summed E-state index contributed by atoms with van der Waals surface area (Å²) in [7, 11) is 0. The monoisotopic (exact) mass is 404 g/mol. The number of hydrogen-bond donors (Lipinski definition) is 0. The predicted molar refractivity (Wildman–Crippen MR) is 76.1 cm³/mol. The summed E-state index contributed by atoms with van der Waals surface area (Å²) < 4.78 is 8.65. The molecule has 16 heavy (non-hydrogen) atoms. The summed E-state index contributed by atoms with van der Waals surface area (Å²) in [4.78, 5) is 0. The Hall–Kier alpha value is -0.320. The third kappa shape index (κ3) is 3.09. The Balaban J connectivity index is 2.30. The molecular weight excluding hydrogens is 400 g/mol. The standard InChI is InChI=1S/C12H7Br3O/c13-8-5-9(14)7-10(6-8)16-12-4-2-1-3-11(12)15/h1-7H. The lowest BCUT2D eigenvalue weighted by atomic mass is 10.3. The molecule has 2 aromatic rings. The summed E-state index contributed by atoms with van der Waals surface area (Å²) >= 11 is 10.3. The molecule has 0 fully saturated rings. The molecular formula is C12H7Br3O. The first-order valence-electron chi connectivity index (χ1n) is 4.53. The zero-order chi connectivity index (χ0) is 11.5. The average molecular weight is 407 g/mol. The molecule has 0 N–H and O–H groups in total. The van der Waals surface area contributed by atoms with Crippen LogP contribution in [-0.2, 0) is 0 Å². The van der Waals surface area contributed by atoms with Crippen molar-refractivity contribution in [3.05, 3.63) is 55.9 Å². The number of para-hydroxylation sites is 1. The van der Waals surface area contributed by atoms with Crippen LogP contribution in [0.5, 0.6) is 11.5 Å². The molecule has 2 aromatic carbocycles. The number of hydrogen-bond acceptors (Lipinski definition) is 1. The van der Waals surface area contributed by atoms with Gasteiger partial charge in [0.2, 0.25) is 0 Å². The van der Waals surface area contributed by atoms with Gasteiger partial charge in [0.15, 0.2) is 0 Å². The van der Waals surface area contributed by atoms with Gasteiger partial charge in [0.1, 0.15) is 11.5 Å². The molecule has 1 nitrogen and oxygen atoms in total. The maximum Gasteiger partial charge on any atom is 0.141 e. The lowest BCUT2D eigenvalue weighted by Gasteiger charge is -2.08. The van der Waals surface area contributed by atoms with Crippen LogP contribution in [0.4, 0.5) is 0 Å². The lowest BCUT2D eigenvalue weighted by molar-refractivity contribution is 0.479. The molecule has 0 aliphatic carbocycles. The zero-order valence-electron chi connectivity index (χ0n) is 8.08. The summed E-state index contributed by atoms with van der Waals surface area (Å²) in [6.07, 6.45) is 0. The summed E-state index contributed by atoms with van der Waals surface area (Å²) in [5.74, 6) is 1.58. The average Bonchev–Trinajstić information content (AvgIpc) is 2.20. The van der Waals surface area contributed by atoms with Crippen LogP contribution >= 0.6 is 47.8 Å². The Labute approximate surface area is 119 Å². The molecule has 0 atom stereocenters. The van der Waals surface area contributed by atoms with E-state index in [0.717, 1.165) is 24.9 Å². The molecule has 0 aliphatic heterocycles. The predicted octanol–water partition coefficient (Wildman–Crippen LogP) is 5.77. The first kappa shape index (κ1) is 12.1. The highest BCUT2D eigenvalue weighted by molar-refractivity contribution is 9.11. The molecule has 0 saturated carbocycles. The largest absolute Gasteiger partial charge is 0.456 e. The molecule has 0 amide bonds. The van der Waals surface area contributed by atoms with E-state index in [1.54, 1.807) is 0 Å². The minimum absolute atomic E-state index is 0.785. The van der Waals surface area contributed by atoms with Gasteiger partial charge in [-0.15, -0.1) is 0 Å². The highest BCUT2D eigenvalue weighted by atomic mass is 79.9. The Morgan fingerprint density at radius 3 is 2.06 bits per heavy atom. The summed E-state index contributed by atoms with van der Waals surface area (Å²) in [6, 6.07) is 13.6. The van der Waals surface area contributed by atoms with Crippen LogP contribution in [0.2, 0.25) is 0 Å². The lowest BCUT2D eigenvalue weighted by Crippen LogP contribution is -1.85. The van der Waals surface area contributed by atoms with E-state index < -0.39 is 0 Å². The van der Waals surface area contributed by atoms with Gasteiger partial charge < -0.3 is 4.74 Å². The van der Waals surface area contributed by atoms with E-state index in [0.29, 0.717) is 0 Å². The smallest absolute Gasteiger partial charge is 0.141 e. The molecule has 82 valence electrons. The Kier molecular flexibility index (Phi) is 4.05. The second-order valence-corrected chi connectivity index (χ2v) is 5.82. The van der Waals surface area contributed by atoms with Gasteiger partial charge in [0.25, 0.3) is 0 Å². The molecule has 0 heterocycles. The Morgan fingerprint density at radius 1 is 0.812 bits per heavy atom. The van der Waals surface area contributed by atoms with E-state index in [-0.39, 0.29) is 0 Å². The third-order valence-corrected chi connectivity index (χ3v) is 3.47. The van der Waals surface area contributed by atoms with E-state index in [9.17, 15) is 0 Å². The number of halogens is 3. The fourth-order valence-corrected chi connectivity index (χ4v) is 2.86. The van der Waals surface area contributed by atoms with Crippen molar-refractivity contribution in [2.45, 2.75) is 0 Å². The van der Waals surface area contributed by atoms with Crippen molar-refractivity contribution in [2.75, 3.05) is 0 Å². The van der Waals surface area contributed by atoms with Crippen LogP contribution in [0.3, 0.4) is 0 Å². The SMILES string of the molecule is Brc1cc(Br)cc(Oc2ccccc2Br)c1. The fourth-order valence-electron chi connectivity index (χ4n) is 1.24. The fraction of sp³-hybridized carbons (Fsp3) is 0. The first-order chi connectivity index (χ1) is 7.65. The van der Waals surface area contributed by atoms with Crippen molar-refractivity contribution in [3.8, 4) is 11.5 Å². The zero-order valence-corrected chi connectivity index (χ0v) is 12.8. The molecule has 0 aliphatic rings. The van der Waals surface area contributed by atoms with E-state index in [1.807, 2.05) is 42.5 Å². The number of rotatable bonds is 2. The van der Waals surface area contributed by atoms with Crippen molar-refractivity contribution in [3.63, 3.8) is 0 Å². The molecule has 0 aromatic heterocycles. The highest BCUT2D eigenvalue weighted by Gasteiger charge is 2.03. The maximum absolute atomic E-state index is 5.76. The van der Waals surface area contributed by atoms with Crippen LogP contribution in [-0.4, -0.2) is 0 Å². The van der Waals surface area contributed by atoms with E-state index >= 15 is 0 Å². The third-order valence-electron chi connectivity index (χ3n) is 1.90. The minimum atomic E-state index is 0.785.